The second-order valence-electron chi connectivity index (χ2n) is 7.52. The van der Waals surface area contributed by atoms with Crippen molar-refractivity contribution in [3.8, 4) is 5.75 Å². The van der Waals surface area contributed by atoms with Gasteiger partial charge in [-0.2, -0.15) is 0 Å². The molecule has 1 aromatic heterocycles. The molecule has 0 saturated carbocycles. The van der Waals surface area contributed by atoms with Gasteiger partial charge in [-0.1, -0.05) is 6.07 Å². The Balaban J connectivity index is 1.36. The SMILES string of the molecule is COc1ccc(SCC2(C(=O)O)CS[C@@H]3C(NC(=O)Cc4cccs4)C(=O)N3C2)cc1. The third-order valence-electron chi connectivity index (χ3n) is 5.40. The molecule has 164 valence electrons. The highest BCUT2D eigenvalue weighted by Gasteiger charge is 2.57. The minimum Gasteiger partial charge on any atom is -0.497 e. The summed E-state index contributed by atoms with van der Waals surface area (Å²) in [5.41, 5.74) is -1.03. The van der Waals surface area contributed by atoms with Gasteiger partial charge >= 0.3 is 5.97 Å². The Hall–Kier alpha value is -2.17. The fourth-order valence-corrected chi connectivity index (χ4v) is 7.06. The fraction of sp³-hybridized carbons (Fsp3) is 0.381. The Morgan fingerprint density at radius 1 is 1.32 bits per heavy atom. The van der Waals surface area contributed by atoms with Crippen LogP contribution in [0.15, 0.2) is 46.7 Å². The van der Waals surface area contributed by atoms with Gasteiger partial charge in [0.1, 0.15) is 22.6 Å². The number of rotatable bonds is 8. The van der Waals surface area contributed by atoms with Crippen LogP contribution in [0.2, 0.25) is 0 Å². The van der Waals surface area contributed by atoms with Gasteiger partial charge in [-0.15, -0.1) is 34.9 Å². The molecule has 4 rings (SSSR count). The highest BCUT2D eigenvalue weighted by Crippen LogP contribution is 2.44. The Kier molecular flexibility index (Phi) is 6.49. The van der Waals surface area contributed by atoms with Gasteiger partial charge in [-0.3, -0.25) is 14.4 Å². The first-order chi connectivity index (χ1) is 14.9. The number of β-lactam (4-membered cyclic amide) rings is 1. The molecule has 7 nitrogen and oxygen atoms in total. The topological polar surface area (TPSA) is 95.9 Å². The smallest absolute Gasteiger partial charge is 0.313 e. The number of amides is 2. The average Bonchev–Trinajstić information content (AvgIpc) is 3.29. The maximum absolute atomic E-state index is 12.7. The van der Waals surface area contributed by atoms with Gasteiger partial charge in [0.15, 0.2) is 0 Å². The minimum atomic E-state index is -1.03. The van der Waals surface area contributed by atoms with E-state index in [9.17, 15) is 19.5 Å². The van der Waals surface area contributed by atoms with E-state index in [0.717, 1.165) is 15.5 Å². The van der Waals surface area contributed by atoms with Gasteiger partial charge in [0, 0.05) is 27.8 Å². The number of carbonyl (C=O) groups excluding carboxylic acids is 2. The van der Waals surface area contributed by atoms with Gasteiger partial charge in [-0.25, -0.2) is 0 Å². The number of hydrogen-bond acceptors (Lipinski definition) is 7. The lowest BCUT2D eigenvalue weighted by atomic mass is 9.89. The van der Waals surface area contributed by atoms with Crippen molar-refractivity contribution in [2.45, 2.75) is 22.7 Å². The molecule has 10 heteroatoms. The molecule has 3 atom stereocenters. The first-order valence-corrected chi connectivity index (χ1v) is 12.6. The molecule has 2 unspecified atom stereocenters. The average molecular weight is 479 g/mol. The fourth-order valence-electron chi connectivity index (χ4n) is 3.60. The van der Waals surface area contributed by atoms with Crippen LogP contribution in [0.5, 0.6) is 5.75 Å². The summed E-state index contributed by atoms with van der Waals surface area (Å²) in [5.74, 6) is 0.178. The molecule has 31 heavy (non-hydrogen) atoms. The normalized spacial score (nSPS) is 24.8. The van der Waals surface area contributed by atoms with Gasteiger partial charge in [0.05, 0.1) is 13.5 Å². The molecule has 2 aliphatic heterocycles. The quantitative estimate of drug-likeness (QED) is 0.445. The zero-order valence-electron chi connectivity index (χ0n) is 16.8. The van der Waals surface area contributed by atoms with Crippen molar-refractivity contribution in [1.29, 1.82) is 0 Å². The molecule has 2 saturated heterocycles. The molecular formula is C21H22N2O5S3. The molecule has 2 aromatic rings. The number of nitrogens with zero attached hydrogens (tertiary/aromatic N) is 1. The third-order valence-corrected chi connectivity index (χ3v) is 9.17. The van der Waals surface area contributed by atoms with E-state index in [0.29, 0.717) is 11.5 Å². The highest BCUT2D eigenvalue weighted by molar-refractivity contribution is 8.00. The number of thioether (sulfide) groups is 2. The second kappa shape index (κ2) is 9.13. The minimum absolute atomic E-state index is 0.152. The van der Waals surface area contributed by atoms with E-state index in [1.54, 1.807) is 12.0 Å². The van der Waals surface area contributed by atoms with Crippen molar-refractivity contribution >= 4 is 52.6 Å². The van der Waals surface area contributed by atoms with E-state index in [-0.39, 0.29) is 30.2 Å². The number of ether oxygens (including phenoxy) is 1. The van der Waals surface area contributed by atoms with Crippen LogP contribution in [0.4, 0.5) is 0 Å². The third kappa shape index (κ3) is 4.56. The van der Waals surface area contributed by atoms with Crippen LogP contribution in [0.3, 0.4) is 0 Å². The molecular weight excluding hydrogens is 456 g/mol. The van der Waals surface area contributed by atoms with E-state index >= 15 is 0 Å². The highest BCUT2D eigenvalue weighted by atomic mass is 32.2. The van der Waals surface area contributed by atoms with Crippen LogP contribution < -0.4 is 10.1 Å². The number of benzene rings is 1. The molecule has 2 fully saturated rings. The van der Waals surface area contributed by atoms with E-state index in [2.05, 4.69) is 5.32 Å². The van der Waals surface area contributed by atoms with Crippen molar-refractivity contribution in [2.24, 2.45) is 5.41 Å². The van der Waals surface area contributed by atoms with Crippen molar-refractivity contribution < 1.29 is 24.2 Å². The first-order valence-electron chi connectivity index (χ1n) is 9.66. The molecule has 1 aromatic carbocycles. The second-order valence-corrected chi connectivity index (χ2v) is 10.7. The molecule has 2 N–H and O–H groups in total. The summed E-state index contributed by atoms with van der Waals surface area (Å²) in [6.45, 7) is 0.152. The van der Waals surface area contributed by atoms with Crippen molar-refractivity contribution in [3.63, 3.8) is 0 Å². The summed E-state index contributed by atoms with van der Waals surface area (Å²) in [5, 5.41) is 14.5. The van der Waals surface area contributed by atoms with Gasteiger partial charge in [0.25, 0.3) is 0 Å². The standard InChI is InChI=1S/C21H22N2O5S3/c1-28-13-4-6-14(7-5-13)30-11-21(20(26)27)10-23-18(25)17(19(23)31-12-21)22-16(24)9-15-3-2-8-29-15/h2-8,17,19H,9-12H2,1H3,(H,22,24)(H,26,27)/t17?,19-,21?/m1/s1. The summed E-state index contributed by atoms with van der Waals surface area (Å²) < 4.78 is 5.15. The molecule has 0 aliphatic carbocycles. The number of methoxy groups -OCH3 is 1. The zero-order chi connectivity index (χ0) is 22.0. The lowest BCUT2D eigenvalue weighted by Gasteiger charge is -2.53. The van der Waals surface area contributed by atoms with Crippen molar-refractivity contribution in [2.75, 3.05) is 25.2 Å². The van der Waals surface area contributed by atoms with Crippen LogP contribution in [0.1, 0.15) is 4.88 Å². The maximum Gasteiger partial charge on any atom is 0.313 e. The number of thiophene rings is 1. The predicted octanol–water partition coefficient (Wildman–Crippen LogP) is 2.56. The van der Waals surface area contributed by atoms with Crippen LogP contribution in [-0.2, 0) is 20.8 Å². The van der Waals surface area contributed by atoms with E-state index in [1.807, 2.05) is 41.8 Å². The zero-order valence-corrected chi connectivity index (χ0v) is 19.2. The Labute approximate surface area is 192 Å². The van der Waals surface area contributed by atoms with Crippen LogP contribution in [0.25, 0.3) is 0 Å². The maximum atomic E-state index is 12.7. The summed E-state index contributed by atoms with van der Waals surface area (Å²) in [4.78, 5) is 40.6. The van der Waals surface area contributed by atoms with E-state index in [4.69, 9.17) is 4.74 Å². The lowest BCUT2D eigenvalue weighted by molar-refractivity contribution is -0.157. The molecule has 3 heterocycles. The first kappa shape index (κ1) is 22.0. The van der Waals surface area contributed by atoms with E-state index < -0.39 is 17.4 Å². The Morgan fingerprint density at radius 2 is 2.10 bits per heavy atom. The van der Waals surface area contributed by atoms with Crippen LogP contribution in [-0.4, -0.2) is 64.4 Å². The van der Waals surface area contributed by atoms with Crippen molar-refractivity contribution in [3.05, 3.63) is 46.7 Å². The summed E-state index contributed by atoms with van der Waals surface area (Å²) in [7, 11) is 1.60. The molecule has 0 radical (unpaired) electrons. The largest absolute Gasteiger partial charge is 0.497 e. The monoisotopic (exact) mass is 478 g/mol. The van der Waals surface area contributed by atoms with Gasteiger partial charge in [-0.05, 0) is 35.7 Å². The summed E-state index contributed by atoms with van der Waals surface area (Å²) in [6.07, 6.45) is 0.246. The van der Waals surface area contributed by atoms with Crippen LogP contribution >= 0.6 is 34.9 Å². The molecule has 0 bridgehead atoms. The number of carboxylic acids is 1. The van der Waals surface area contributed by atoms with Gasteiger partial charge < -0.3 is 20.1 Å². The Morgan fingerprint density at radius 3 is 2.74 bits per heavy atom. The number of fused-ring (bicyclic) bond motifs is 1. The number of carbonyl (C=O) groups is 3. The molecule has 0 spiro atoms. The molecule has 2 amide bonds. The Bertz CT molecular complexity index is 966. The van der Waals surface area contributed by atoms with Crippen LogP contribution in [0, 0.1) is 5.41 Å². The lowest BCUT2D eigenvalue weighted by Crippen LogP contribution is -2.74. The number of nitrogens with one attached hydrogen (secondary N) is 1. The van der Waals surface area contributed by atoms with Gasteiger partial charge in [0.2, 0.25) is 11.8 Å². The number of carboxylic acid groups (broad SMARTS) is 1. The van der Waals surface area contributed by atoms with Crippen molar-refractivity contribution in [1.82, 2.24) is 10.2 Å². The molecule has 2 aliphatic rings. The summed E-state index contributed by atoms with van der Waals surface area (Å²) in [6, 6.07) is 10.6. The predicted molar refractivity (Wildman–Crippen MR) is 122 cm³/mol. The number of aliphatic carboxylic acids is 1. The summed E-state index contributed by atoms with van der Waals surface area (Å²) >= 11 is 4.39. The van der Waals surface area contributed by atoms with E-state index in [1.165, 1.54) is 34.9 Å². The number of hydrogen-bond donors (Lipinski definition) is 2.